The monoisotopic (exact) mass is 253 g/mol. The number of carbonyl (C=O) groups excluding carboxylic acids is 2. The van der Waals surface area contributed by atoms with Crippen LogP contribution in [-0.4, -0.2) is 31.6 Å². The van der Waals surface area contributed by atoms with Crippen molar-refractivity contribution in [3.63, 3.8) is 0 Å². The molecule has 1 unspecified atom stereocenters. The first-order valence-corrected chi connectivity index (χ1v) is 5.11. The van der Waals surface area contributed by atoms with E-state index in [4.69, 9.17) is 26.7 Å². The van der Waals surface area contributed by atoms with E-state index in [1.807, 2.05) is 0 Å². The molecule has 1 atom stereocenters. The van der Waals surface area contributed by atoms with Crippen molar-refractivity contribution in [1.82, 2.24) is 0 Å². The zero-order chi connectivity index (χ0) is 13.7. The van der Waals surface area contributed by atoms with Crippen LogP contribution in [0.5, 0.6) is 11.5 Å². The summed E-state index contributed by atoms with van der Waals surface area (Å²) in [4.78, 5) is 21.7. The van der Waals surface area contributed by atoms with Crippen LogP contribution in [0.3, 0.4) is 0 Å². The number of benzene rings is 1. The van der Waals surface area contributed by atoms with E-state index >= 15 is 0 Å². The average Bonchev–Trinajstić information content (AvgIpc) is 2.35. The molecule has 0 saturated carbocycles. The number of amides is 2. The van der Waals surface area contributed by atoms with Crippen molar-refractivity contribution in [1.29, 1.82) is 0 Å². The van der Waals surface area contributed by atoms with Crippen LogP contribution in [-0.2, 0) is 4.79 Å². The van der Waals surface area contributed by atoms with Crippen LogP contribution in [0.15, 0.2) is 18.2 Å². The molecule has 0 bridgehead atoms. The second-order valence-corrected chi connectivity index (χ2v) is 3.55. The molecule has 6 N–H and O–H groups in total. The maximum atomic E-state index is 11.0. The van der Waals surface area contributed by atoms with E-state index in [-0.39, 0.29) is 6.61 Å². The van der Waals surface area contributed by atoms with Gasteiger partial charge in [-0.1, -0.05) is 0 Å². The Hall–Kier alpha value is -2.28. The summed E-state index contributed by atoms with van der Waals surface area (Å²) in [6.45, 7) is -0.0817. The molecule has 0 aliphatic carbocycles. The van der Waals surface area contributed by atoms with Crippen LogP contribution < -0.4 is 26.7 Å². The summed E-state index contributed by atoms with van der Waals surface area (Å²) in [5.41, 5.74) is 15.8. The van der Waals surface area contributed by atoms with E-state index in [0.29, 0.717) is 17.1 Å². The highest BCUT2D eigenvalue weighted by atomic mass is 16.5. The topological polar surface area (TPSA) is 131 Å². The zero-order valence-electron chi connectivity index (χ0n) is 9.88. The Bertz CT molecular complexity index is 462. The standard InChI is InChI=1S/C11H15N3O4/c1-17-9-4-6(10(13)15)2-3-8(9)18-5-7(12)11(14)16/h2-4,7H,5,12H2,1H3,(H2,13,15)(H2,14,16). The lowest BCUT2D eigenvalue weighted by atomic mass is 10.2. The van der Waals surface area contributed by atoms with E-state index in [9.17, 15) is 9.59 Å². The number of carbonyl (C=O) groups is 2. The molecule has 98 valence electrons. The number of primary amides is 2. The van der Waals surface area contributed by atoms with Gasteiger partial charge in [-0.05, 0) is 18.2 Å². The third kappa shape index (κ3) is 3.36. The van der Waals surface area contributed by atoms with Crippen molar-refractivity contribution >= 4 is 11.8 Å². The minimum Gasteiger partial charge on any atom is -0.493 e. The van der Waals surface area contributed by atoms with Crippen molar-refractivity contribution in [2.75, 3.05) is 13.7 Å². The van der Waals surface area contributed by atoms with Gasteiger partial charge in [0.2, 0.25) is 11.8 Å². The summed E-state index contributed by atoms with van der Waals surface area (Å²) in [6, 6.07) is 3.52. The SMILES string of the molecule is COc1cc(C(N)=O)ccc1OCC(N)C(N)=O. The third-order valence-corrected chi connectivity index (χ3v) is 2.23. The third-order valence-electron chi connectivity index (χ3n) is 2.23. The normalized spacial score (nSPS) is 11.7. The Balaban J connectivity index is 2.83. The highest BCUT2D eigenvalue weighted by Crippen LogP contribution is 2.27. The predicted molar refractivity (Wildman–Crippen MR) is 64.2 cm³/mol. The molecule has 0 aromatic heterocycles. The molecule has 0 saturated heterocycles. The molecule has 0 spiro atoms. The maximum absolute atomic E-state index is 11.0. The fourth-order valence-electron chi connectivity index (χ4n) is 1.20. The van der Waals surface area contributed by atoms with Crippen LogP contribution in [0.2, 0.25) is 0 Å². The smallest absolute Gasteiger partial charge is 0.248 e. The van der Waals surface area contributed by atoms with Crippen molar-refractivity contribution in [3.05, 3.63) is 23.8 Å². The molecular formula is C11H15N3O4. The van der Waals surface area contributed by atoms with Gasteiger partial charge in [-0.3, -0.25) is 9.59 Å². The van der Waals surface area contributed by atoms with E-state index in [1.54, 1.807) is 0 Å². The van der Waals surface area contributed by atoms with Crippen molar-refractivity contribution in [2.24, 2.45) is 17.2 Å². The molecule has 1 rings (SSSR count). The van der Waals surface area contributed by atoms with Crippen LogP contribution in [0, 0.1) is 0 Å². The lowest BCUT2D eigenvalue weighted by Crippen LogP contribution is -2.41. The van der Waals surface area contributed by atoms with Gasteiger partial charge in [0, 0.05) is 5.56 Å². The molecule has 18 heavy (non-hydrogen) atoms. The van der Waals surface area contributed by atoms with Gasteiger partial charge in [0.1, 0.15) is 12.6 Å². The second-order valence-electron chi connectivity index (χ2n) is 3.55. The molecule has 0 fully saturated rings. The number of ether oxygens (including phenoxy) is 2. The maximum Gasteiger partial charge on any atom is 0.248 e. The lowest BCUT2D eigenvalue weighted by Gasteiger charge is -2.13. The summed E-state index contributed by atoms with van der Waals surface area (Å²) in [6.07, 6.45) is 0. The fraction of sp³-hybridized carbons (Fsp3) is 0.273. The summed E-state index contributed by atoms with van der Waals surface area (Å²) < 4.78 is 10.3. The number of hydrogen-bond acceptors (Lipinski definition) is 5. The first-order chi connectivity index (χ1) is 8.45. The summed E-state index contributed by atoms with van der Waals surface area (Å²) in [7, 11) is 1.42. The predicted octanol–water partition coefficient (Wildman–Crippen LogP) is -1.01. The van der Waals surface area contributed by atoms with Gasteiger partial charge in [-0.2, -0.15) is 0 Å². The lowest BCUT2D eigenvalue weighted by molar-refractivity contribution is -0.119. The van der Waals surface area contributed by atoms with E-state index in [2.05, 4.69) is 0 Å². The molecule has 0 heterocycles. The molecule has 2 amide bonds. The van der Waals surface area contributed by atoms with E-state index < -0.39 is 17.9 Å². The highest BCUT2D eigenvalue weighted by molar-refractivity contribution is 5.93. The van der Waals surface area contributed by atoms with Gasteiger partial charge < -0.3 is 26.7 Å². The minimum atomic E-state index is -0.912. The molecule has 1 aromatic carbocycles. The largest absolute Gasteiger partial charge is 0.493 e. The first-order valence-electron chi connectivity index (χ1n) is 5.11. The second kappa shape index (κ2) is 5.87. The zero-order valence-corrected chi connectivity index (χ0v) is 9.88. The van der Waals surface area contributed by atoms with Gasteiger partial charge >= 0.3 is 0 Å². The van der Waals surface area contributed by atoms with E-state index in [1.165, 1.54) is 25.3 Å². The Morgan fingerprint density at radius 3 is 2.44 bits per heavy atom. The molecule has 0 aliphatic heterocycles. The summed E-state index contributed by atoms with van der Waals surface area (Å²) >= 11 is 0. The van der Waals surface area contributed by atoms with Crippen LogP contribution in [0.25, 0.3) is 0 Å². The van der Waals surface area contributed by atoms with Gasteiger partial charge in [-0.15, -0.1) is 0 Å². The van der Waals surface area contributed by atoms with Crippen molar-refractivity contribution < 1.29 is 19.1 Å². The Labute approximate surface area is 104 Å². The Morgan fingerprint density at radius 1 is 1.28 bits per heavy atom. The molecule has 1 aromatic rings. The van der Waals surface area contributed by atoms with Gasteiger partial charge in [0.25, 0.3) is 0 Å². The quantitative estimate of drug-likeness (QED) is 0.597. The number of hydrogen-bond donors (Lipinski definition) is 3. The van der Waals surface area contributed by atoms with Gasteiger partial charge in [0.05, 0.1) is 7.11 Å². The minimum absolute atomic E-state index is 0.0817. The molecule has 0 radical (unpaired) electrons. The van der Waals surface area contributed by atoms with Crippen LogP contribution in [0.1, 0.15) is 10.4 Å². The molecule has 7 heteroatoms. The van der Waals surface area contributed by atoms with Crippen LogP contribution >= 0.6 is 0 Å². The first kappa shape index (κ1) is 13.8. The van der Waals surface area contributed by atoms with E-state index in [0.717, 1.165) is 0 Å². The Morgan fingerprint density at radius 2 is 1.94 bits per heavy atom. The highest BCUT2D eigenvalue weighted by Gasteiger charge is 2.13. The fourth-order valence-corrected chi connectivity index (χ4v) is 1.20. The van der Waals surface area contributed by atoms with Gasteiger partial charge in [0.15, 0.2) is 11.5 Å². The van der Waals surface area contributed by atoms with Crippen molar-refractivity contribution in [3.8, 4) is 11.5 Å². The molecule has 7 nitrogen and oxygen atoms in total. The van der Waals surface area contributed by atoms with Crippen molar-refractivity contribution in [2.45, 2.75) is 6.04 Å². The molecule has 0 aliphatic rings. The summed E-state index contributed by atoms with van der Waals surface area (Å²) in [5.74, 6) is -0.571. The number of methoxy groups -OCH3 is 1. The summed E-state index contributed by atoms with van der Waals surface area (Å²) in [5, 5.41) is 0. The Kier molecular flexibility index (Phi) is 4.50. The van der Waals surface area contributed by atoms with Crippen LogP contribution in [0.4, 0.5) is 0 Å². The average molecular weight is 253 g/mol. The molecular weight excluding hydrogens is 238 g/mol. The number of nitrogens with two attached hydrogens (primary N) is 3. The van der Waals surface area contributed by atoms with Gasteiger partial charge in [-0.25, -0.2) is 0 Å². The number of rotatable bonds is 6.